The number of carboxylic acid groups (broad SMARTS) is 1. The Morgan fingerprint density at radius 1 is 1.35 bits per heavy atom. The van der Waals surface area contributed by atoms with E-state index >= 15 is 0 Å². The average molecular weight is 291 g/mol. The molecule has 2 heterocycles. The third kappa shape index (κ3) is 2.42. The second-order valence-electron chi connectivity index (χ2n) is 4.52. The van der Waals surface area contributed by atoms with Crippen LogP contribution in [0.1, 0.15) is 11.3 Å². The Balaban J connectivity index is 2.04. The van der Waals surface area contributed by atoms with Gasteiger partial charge in [-0.25, -0.2) is 0 Å². The molecule has 0 aliphatic carbocycles. The van der Waals surface area contributed by atoms with E-state index in [-0.39, 0.29) is 6.42 Å². The maximum atomic E-state index is 10.7. The van der Waals surface area contributed by atoms with E-state index in [0.29, 0.717) is 23.7 Å². The molecule has 1 aliphatic rings. The van der Waals surface area contributed by atoms with Gasteiger partial charge in [-0.1, -0.05) is 23.8 Å². The molecule has 0 atom stereocenters. The van der Waals surface area contributed by atoms with E-state index in [1.807, 2.05) is 18.2 Å². The van der Waals surface area contributed by atoms with Crippen molar-refractivity contribution in [2.45, 2.75) is 6.42 Å². The van der Waals surface area contributed by atoms with E-state index in [2.05, 4.69) is 0 Å². The third-order valence-electron chi connectivity index (χ3n) is 3.04. The summed E-state index contributed by atoms with van der Waals surface area (Å²) < 4.78 is 11.2. The molecular formula is C15H11ClO4. The summed E-state index contributed by atoms with van der Waals surface area (Å²) in [7, 11) is 0. The second kappa shape index (κ2) is 5.06. The van der Waals surface area contributed by atoms with E-state index in [1.165, 1.54) is 5.54 Å². The van der Waals surface area contributed by atoms with Gasteiger partial charge in [0, 0.05) is 28.1 Å². The zero-order valence-electron chi connectivity index (χ0n) is 10.4. The Bertz CT molecular complexity index is 740. The molecule has 3 rings (SSSR count). The van der Waals surface area contributed by atoms with Gasteiger partial charge in [0.05, 0.1) is 0 Å². The quantitative estimate of drug-likeness (QED) is 0.918. The lowest BCUT2D eigenvalue weighted by Crippen LogP contribution is -1.97. The van der Waals surface area contributed by atoms with Crippen LogP contribution >= 0.6 is 11.6 Å². The predicted molar refractivity (Wildman–Crippen MR) is 76.0 cm³/mol. The van der Waals surface area contributed by atoms with Crippen LogP contribution in [0.5, 0.6) is 5.75 Å². The number of hydrogen-bond donors (Lipinski definition) is 1. The van der Waals surface area contributed by atoms with E-state index in [9.17, 15) is 4.79 Å². The maximum Gasteiger partial charge on any atom is 0.311 e. The summed E-state index contributed by atoms with van der Waals surface area (Å²) in [6.07, 6.45) is 3.68. The van der Waals surface area contributed by atoms with Crippen molar-refractivity contribution < 1.29 is 19.1 Å². The maximum absolute atomic E-state index is 10.7. The number of fused-ring (bicyclic) bond motifs is 2. The lowest BCUT2D eigenvalue weighted by Gasteiger charge is -2.06. The van der Waals surface area contributed by atoms with E-state index in [4.69, 9.17) is 25.9 Å². The minimum Gasteiger partial charge on any atom is -0.488 e. The van der Waals surface area contributed by atoms with Crippen molar-refractivity contribution >= 4 is 34.6 Å². The third-order valence-corrected chi connectivity index (χ3v) is 3.32. The Morgan fingerprint density at radius 3 is 2.95 bits per heavy atom. The Hall–Kier alpha value is -2.20. The molecule has 1 N–H and O–H groups in total. The van der Waals surface area contributed by atoms with Crippen molar-refractivity contribution in [3.05, 3.63) is 46.7 Å². The molecule has 1 aromatic heterocycles. The van der Waals surface area contributed by atoms with Gasteiger partial charge in [-0.05, 0) is 12.1 Å². The summed E-state index contributed by atoms with van der Waals surface area (Å²) in [4.78, 5) is 10.7. The Morgan fingerprint density at radius 2 is 2.20 bits per heavy atom. The van der Waals surface area contributed by atoms with Crippen LogP contribution in [0.4, 0.5) is 0 Å². The fraction of sp³-hybridized carbons (Fsp3) is 0.133. The van der Waals surface area contributed by atoms with Crippen LogP contribution in [0.3, 0.4) is 0 Å². The number of furan rings is 1. The van der Waals surface area contributed by atoms with Crippen molar-refractivity contribution in [2.75, 3.05) is 6.61 Å². The molecule has 1 aromatic carbocycles. The van der Waals surface area contributed by atoms with Gasteiger partial charge in [0.1, 0.15) is 30.1 Å². The SMILES string of the molecule is O=C(O)Cc1cc2cc3c(cc2o1)OC/C(=C\Cl)C=C3. The molecule has 0 saturated heterocycles. The summed E-state index contributed by atoms with van der Waals surface area (Å²) >= 11 is 5.68. The average Bonchev–Trinajstić information content (AvgIpc) is 2.66. The van der Waals surface area contributed by atoms with Crippen LogP contribution in [0.15, 0.2) is 39.8 Å². The fourth-order valence-electron chi connectivity index (χ4n) is 2.11. The van der Waals surface area contributed by atoms with Crippen molar-refractivity contribution in [1.29, 1.82) is 0 Å². The van der Waals surface area contributed by atoms with Gasteiger partial charge in [-0.3, -0.25) is 4.79 Å². The zero-order valence-corrected chi connectivity index (χ0v) is 11.2. The molecule has 0 saturated carbocycles. The number of aliphatic carboxylic acids is 1. The number of hydrogen-bond acceptors (Lipinski definition) is 3. The fourth-order valence-corrected chi connectivity index (χ4v) is 2.24. The molecule has 102 valence electrons. The van der Waals surface area contributed by atoms with Gasteiger partial charge in [0.2, 0.25) is 0 Å². The molecular weight excluding hydrogens is 280 g/mol. The van der Waals surface area contributed by atoms with Gasteiger partial charge in [-0.2, -0.15) is 0 Å². The summed E-state index contributed by atoms with van der Waals surface area (Å²) in [6.45, 7) is 0.390. The van der Waals surface area contributed by atoms with Crippen LogP contribution < -0.4 is 4.74 Å². The molecule has 0 bridgehead atoms. The van der Waals surface area contributed by atoms with Gasteiger partial charge < -0.3 is 14.3 Å². The van der Waals surface area contributed by atoms with Crippen LogP contribution in [0.25, 0.3) is 17.0 Å². The molecule has 0 radical (unpaired) electrons. The molecule has 0 fully saturated rings. The first-order chi connectivity index (χ1) is 9.65. The van der Waals surface area contributed by atoms with E-state index < -0.39 is 5.97 Å². The monoisotopic (exact) mass is 290 g/mol. The van der Waals surface area contributed by atoms with Gasteiger partial charge in [0.15, 0.2) is 0 Å². The van der Waals surface area contributed by atoms with Crippen molar-refractivity contribution in [2.24, 2.45) is 0 Å². The highest BCUT2D eigenvalue weighted by molar-refractivity contribution is 6.25. The summed E-state index contributed by atoms with van der Waals surface area (Å²) in [5.41, 5.74) is 3.89. The molecule has 2 aromatic rings. The number of ether oxygens (including phenoxy) is 1. The molecule has 5 heteroatoms. The highest BCUT2D eigenvalue weighted by atomic mass is 35.5. The number of carbonyl (C=O) groups is 1. The first-order valence-electron chi connectivity index (χ1n) is 6.04. The van der Waals surface area contributed by atoms with Crippen molar-refractivity contribution in [3.8, 4) is 5.75 Å². The predicted octanol–water partition coefficient (Wildman–Crippen LogP) is 3.59. The largest absolute Gasteiger partial charge is 0.488 e. The van der Waals surface area contributed by atoms with Crippen molar-refractivity contribution in [1.82, 2.24) is 0 Å². The van der Waals surface area contributed by atoms with Crippen molar-refractivity contribution in [3.63, 3.8) is 0 Å². The summed E-state index contributed by atoms with van der Waals surface area (Å²) in [6, 6.07) is 5.42. The van der Waals surface area contributed by atoms with Crippen LogP contribution in [0, 0.1) is 0 Å². The van der Waals surface area contributed by atoms with Gasteiger partial charge in [0.25, 0.3) is 0 Å². The van der Waals surface area contributed by atoms with Gasteiger partial charge in [-0.15, -0.1) is 0 Å². The van der Waals surface area contributed by atoms with E-state index in [1.54, 1.807) is 12.1 Å². The number of benzene rings is 1. The topological polar surface area (TPSA) is 59.7 Å². The molecule has 1 aliphatic heterocycles. The second-order valence-corrected chi connectivity index (χ2v) is 4.74. The lowest BCUT2D eigenvalue weighted by molar-refractivity contribution is -0.136. The zero-order chi connectivity index (χ0) is 14.1. The first-order valence-corrected chi connectivity index (χ1v) is 6.48. The molecule has 0 amide bonds. The Labute approximate surface area is 119 Å². The summed E-state index contributed by atoms with van der Waals surface area (Å²) in [5, 5.41) is 9.64. The number of halogens is 1. The number of rotatable bonds is 2. The van der Waals surface area contributed by atoms with Gasteiger partial charge >= 0.3 is 5.97 Å². The van der Waals surface area contributed by atoms with Crippen LogP contribution in [0.2, 0.25) is 0 Å². The van der Waals surface area contributed by atoms with E-state index in [0.717, 1.165) is 16.5 Å². The smallest absolute Gasteiger partial charge is 0.311 e. The standard InChI is InChI=1S/C15H11ClO4/c16-7-9-1-2-10-3-11-4-12(5-15(17)18)20-14(11)6-13(10)19-8-9/h1-4,6-7H,5,8H2,(H,17,18)/b9-7-. The highest BCUT2D eigenvalue weighted by Crippen LogP contribution is 2.31. The minimum absolute atomic E-state index is 0.130. The lowest BCUT2D eigenvalue weighted by atomic mass is 10.1. The molecule has 0 spiro atoms. The minimum atomic E-state index is -0.918. The Kier molecular flexibility index (Phi) is 3.24. The molecule has 0 unspecified atom stereocenters. The highest BCUT2D eigenvalue weighted by Gasteiger charge is 2.13. The first kappa shape index (κ1) is 12.8. The normalized spacial score (nSPS) is 15.9. The summed E-state index contributed by atoms with van der Waals surface area (Å²) in [5.74, 6) is 0.204. The molecule has 4 nitrogen and oxygen atoms in total. The molecule has 20 heavy (non-hydrogen) atoms. The number of carboxylic acids is 1. The van der Waals surface area contributed by atoms with Crippen LogP contribution in [-0.4, -0.2) is 17.7 Å². The van der Waals surface area contributed by atoms with Crippen LogP contribution in [-0.2, 0) is 11.2 Å².